The van der Waals surface area contributed by atoms with Crippen LogP contribution in [0.4, 0.5) is 0 Å². The molecule has 0 saturated heterocycles. The number of nitriles is 1. The van der Waals surface area contributed by atoms with Gasteiger partial charge in [0.2, 0.25) is 0 Å². The average Bonchev–Trinajstić information content (AvgIpc) is 2.54. The monoisotopic (exact) mass is 265 g/mol. The molecule has 3 rings (SSSR count). The summed E-state index contributed by atoms with van der Waals surface area (Å²) in [4.78, 5) is 0. The van der Waals surface area contributed by atoms with E-state index in [-0.39, 0.29) is 5.92 Å². The van der Waals surface area contributed by atoms with E-state index in [9.17, 15) is 0 Å². The maximum atomic E-state index is 8.84. The maximum Gasteiger partial charge on any atom is 0.161 e. The van der Waals surface area contributed by atoms with Crippen molar-refractivity contribution in [3.8, 4) is 17.6 Å². The molecule has 0 saturated carbocycles. The molecule has 0 aliphatic carbocycles. The van der Waals surface area contributed by atoms with Crippen LogP contribution in [0.1, 0.15) is 29.5 Å². The van der Waals surface area contributed by atoms with E-state index in [0.717, 1.165) is 11.5 Å². The topological polar surface area (TPSA) is 42.2 Å². The molecule has 20 heavy (non-hydrogen) atoms. The molecule has 1 heterocycles. The van der Waals surface area contributed by atoms with Crippen LogP contribution in [0.5, 0.6) is 11.5 Å². The van der Waals surface area contributed by atoms with Crippen LogP contribution in [0.3, 0.4) is 0 Å². The van der Waals surface area contributed by atoms with E-state index in [1.165, 1.54) is 11.1 Å². The van der Waals surface area contributed by atoms with Crippen LogP contribution in [0.2, 0.25) is 0 Å². The summed E-state index contributed by atoms with van der Waals surface area (Å²) in [7, 11) is 0. The fourth-order valence-corrected chi connectivity index (χ4v) is 2.37. The van der Waals surface area contributed by atoms with Crippen LogP contribution in [0.15, 0.2) is 42.5 Å². The second kappa shape index (κ2) is 5.26. The van der Waals surface area contributed by atoms with Crippen LogP contribution in [-0.4, -0.2) is 13.2 Å². The van der Waals surface area contributed by atoms with Crippen LogP contribution in [0, 0.1) is 11.3 Å². The molecule has 3 heteroatoms. The van der Waals surface area contributed by atoms with Crippen molar-refractivity contribution in [2.75, 3.05) is 13.2 Å². The number of rotatable bonds is 2. The van der Waals surface area contributed by atoms with Crippen LogP contribution < -0.4 is 9.47 Å². The number of hydrogen-bond acceptors (Lipinski definition) is 3. The van der Waals surface area contributed by atoms with Gasteiger partial charge >= 0.3 is 0 Å². The summed E-state index contributed by atoms with van der Waals surface area (Å²) in [5, 5.41) is 8.84. The minimum atomic E-state index is 0.249. The molecular weight excluding hydrogens is 250 g/mol. The predicted octanol–water partition coefficient (Wildman–Crippen LogP) is 3.48. The Morgan fingerprint density at radius 2 is 1.60 bits per heavy atom. The van der Waals surface area contributed by atoms with Crippen molar-refractivity contribution in [3.63, 3.8) is 0 Å². The zero-order valence-corrected chi connectivity index (χ0v) is 11.3. The Labute approximate surface area is 118 Å². The fourth-order valence-electron chi connectivity index (χ4n) is 2.37. The highest BCUT2D eigenvalue weighted by atomic mass is 16.6. The summed E-state index contributed by atoms with van der Waals surface area (Å²) in [5.74, 6) is 1.87. The lowest BCUT2D eigenvalue weighted by atomic mass is 9.92. The molecule has 0 N–H and O–H groups in total. The zero-order chi connectivity index (χ0) is 13.9. The first kappa shape index (κ1) is 12.6. The van der Waals surface area contributed by atoms with Gasteiger partial charge in [0.25, 0.3) is 0 Å². The van der Waals surface area contributed by atoms with Gasteiger partial charge in [-0.15, -0.1) is 0 Å². The van der Waals surface area contributed by atoms with Crippen molar-refractivity contribution in [1.29, 1.82) is 5.26 Å². The normalized spacial score (nSPS) is 14.4. The minimum Gasteiger partial charge on any atom is -0.486 e. The second-order valence-corrected chi connectivity index (χ2v) is 4.86. The zero-order valence-electron chi connectivity index (χ0n) is 11.3. The Morgan fingerprint density at radius 3 is 2.30 bits per heavy atom. The highest BCUT2D eigenvalue weighted by Gasteiger charge is 2.15. The number of nitrogens with zero attached hydrogens (tertiary/aromatic N) is 1. The van der Waals surface area contributed by atoms with Gasteiger partial charge in [0, 0.05) is 5.92 Å². The molecule has 1 unspecified atom stereocenters. The summed E-state index contributed by atoms with van der Waals surface area (Å²) in [6, 6.07) is 15.9. The van der Waals surface area contributed by atoms with Crippen molar-refractivity contribution in [2.24, 2.45) is 0 Å². The Bertz CT molecular complexity index is 656. The van der Waals surface area contributed by atoms with Gasteiger partial charge in [-0.25, -0.2) is 0 Å². The SMILES string of the molecule is CC(c1ccc(C#N)cc1)c1ccc2c(c1)OCCO2. The average molecular weight is 265 g/mol. The molecule has 2 aromatic carbocycles. The minimum absolute atomic E-state index is 0.249. The summed E-state index contributed by atoms with van der Waals surface area (Å²) in [6.07, 6.45) is 0. The fraction of sp³-hybridized carbons (Fsp3) is 0.235. The van der Waals surface area contributed by atoms with Gasteiger partial charge in [-0.05, 0) is 35.4 Å². The molecule has 2 aromatic rings. The van der Waals surface area contributed by atoms with Crippen molar-refractivity contribution in [1.82, 2.24) is 0 Å². The lowest BCUT2D eigenvalue weighted by Gasteiger charge is -2.20. The van der Waals surface area contributed by atoms with E-state index in [4.69, 9.17) is 14.7 Å². The van der Waals surface area contributed by atoms with Gasteiger partial charge in [0.15, 0.2) is 11.5 Å². The lowest BCUT2D eigenvalue weighted by molar-refractivity contribution is 0.171. The molecule has 0 spiro atoms. The Balaban J connectivity index is 1.89. The molecule has 100 valence electrons. The summed E-state index contributed by atoms with van der Waals surface area (Å²) in [6.45, 7) is 3.35. The number of hydrogen-bond donors (Lipinski definition) is 0. The van der Waals surface area contributed by atoms with Gasteiger partial charge < -0.3 is 9.47 Å². The maximum absolute atomic E-state index is 8.84. The van der Waals surface area contributed by atoms with Crippen molar-refractivity contribution < 1.29 is 9.47 Å². The van der Waals surface area contributed by atoms with E-state index in [1.54, 1.807) is 0 Å². The standard InChI is InChI=1S/C17H15NO2/c1-12(14-4-2-13(11-18)3-5-14)15-6-7-16-17(10-15)20-9-8-19-16/h2-7,10,12H,8-9H2,1H3. The smallest absolute Gasteiger partial charge is 0.161 e. The molecule has 0 bridgehead atoms. The molecule has 0 amide bonds. The number of ether oxygens (including phenoxy) is 2. The first-order chi connectivity index (χ1) is 9.78. The van der Waals surface area contributed by atoms with Crippen LogP contribution in [0.25, 0.3) is 0 Å². The van der Waals surface area contributed by atoms with Gasteiger partial charge in [-0.1, -0.05) is 25.1 Å². The van der Waals surface area contributed by atoms with Gasteiger partial charge in [0.1, 0.15) is 13.2 Å². The van der Waals surface area contributed by atoms with E-state index < -0.39 is 0 Å². The van der Waals surface area contributed by atoms with Gasteiger partial charge in [0.05, 0.1) is 11.6 Å². The molecular formula is C17H15NO2. The predicted molar refractivity (Wildman–Crippen MR) is 76.1 cm³/mol. The summed E-state index contributed by atoms with van der Waals surface area (Å²) >= 11 is 0. The Hall–Kier alpha value is -2.47. The van der Waals surface area contributed by atoms with Crippen molar-refractivity contribution in [3.05, 3.63) is 59.2 Å². The molecule has 3 nitrogen and oxygen atoms in total. The second-order valence-electron chi connectivity index (χ2n) is 4.86. The number of benzene rings is 2. The highest BCUT2D eigenvalue weighted by Crippen LogP contribution is 2.34. The Morgan fingerprint density at radius 1 is 0.950 bits per heavy atom. The summed E-state index contributed by atoms with van der Waals surface area (Å²) < 4.78 is 11.2. The third-order valence-corrected chi connectivity index (χ3v) is 3.61. The molecule has 1 aliphatic heterocycles. The highest BCUT2D eigenvalue weighted by molar-refractivity contribution is 5.47. The van der Waals surface area contributed by atoms with E-state index >= 15 is 0 Å². The van der Waals surface area contributed by atoms with Gasteiger partial charge in [-0.3, -0.25) is 0 Å². The third-order valence-electron chi connectivity index (χ3n) is 3.61. The van der Waals surface area contributed by atoms with E-state index in [2.05, 4.69) is 19.1 Å². The summed E-state index contributed by atoms with van der Waals surface area (Å²) in [5.41, 5.74) is 3.04. The van der Waals surface area contributed by atoms with Gasteiger partial charge in [-0.2, -0.15) is 5.26 Å². The molecule has 0 fully saturated rings. The van der Waals surface area contributed by atoms with Crippen LogP contribution >= 0.6 is 0 Å². The van der Waals surface area contributed by atoms with Crippen LogP contribution in [-0.2, 0) is 0 Å². The lowest BCUT2D eigenvalue weighted by Crippen LogP contribution is -2.15. The first-order valence-electron chi connectivity index (χ1n) is 6.67. The Kier molecular flexibility index (Phi) is 3.30. The molecule has 1 atom stereocenters. The van der Waals surface area contributed by atoms with E-state index in [1.807, 2.05) is 36.4 Å². The molecule has 0 aromatic heterocycles. The van der Waals surface area contributed by atoms with Crippen molar-refractivity contribution in [2.45, 2.75) is 12.8 Å². The quantitative estimate of drug-likeness (QED) is 0.834. The third kappa shape index (κ3) is 2.33. The van der Waals surface area contributed by atoms with E-state index in [0.29, 0.717) is 18.8 Å². The number of fused-ring (bicyclic) bond motifs is 1. The molecule has 1 aliphatic rings. The first-order valence-corrected chi connectivity index (χ1v) is 6.67. The van der Waals surface area contributed by atoms with Crippen molar-refractivity contribution >= 4 is 0 Å². The molecule has 0 radical (unpaired) electrons. The largest absolute Gasteiger partial charge is 0.486 e.